The van der Waals surface area contributed by atoms with Crippen LogP contribution in [0.4, 0.5) is 0 Å². The number of ether oxygens (including phenoxy) is 9. The van der Waals surface area contributed by atoms with Crippen LogP contribution in [0.2, 0.25) is 0 Å². The lowest BCUT2D eigenvalue weighted by Gasteiger charge is -2.50. The van der Waals surface area contributed by atoms with Crippen molar-refractivity contribution >= 4 is 27.5 Å². The maximum Gasteiger partial charge on any atom is 0.276 e. The van der Waals surface area contributed by atoms with E-state index in [4.69, 9.17) is 51.7 Å². The Balaban J connectivity index is 1.24. The van der Waals surface area contributed by atoms with Gasteiger partial charge in [0.05, 0.1) is 39.6 Å². The van der Waals surface area contributed by atoms with E-state index in [-0.39, 0.29) is 12.3 Å². The molecule has 34 nitrogen and oxygen atoms in total. The molecule has 0 spiro atoms. The number of carbonyl (C=O) groups excluding carboxylic acids is 2. The van der Waals surface area contributed by atoms with Crippen molar-refractivity contribution in [3.63, 3.8) is 0 Å². The summed E-state index contributed by atoms with van der Waals surface area (Å²) >= 11 is 0. The number of carbonyl (C=O) groups is 2. The lowest BCUT2D eigenvalue weighted by Crippen LogP contribution is -2.70. The fourth-order valence-corrected chi connectivity index (χ4v) is 13.3. The van der Waals surface area contributed by atoms with Gasteiger partial charge in [0, 0.05) is 13.8 Å². The summed E-state index contributed by atoms with van der Waals surface area (Å²) in [5, 5.41) is 156. The first-order valence-corrected chi connectivity index (χ1v) is 34.5. The molecule has 5 aliphatic rings. The van der Waals surface area contributed by atoms with Gasteiger partial charge in [0.1, 0.15) is 122 Å². The lowest BCUT2D eigenvalue weighted by atomic mass is 9.94. The zero-order valence-electron chi connectivity index (χ0n) is 54.4. The molecular weight excluding hydrogens is 1310 g/mol. The summed E-state index contributed by atoms with van der Waals surface area (Å²) < 4.78 is 91.9. The number of phosphoric ester groups is 2. The van der Waals surface area contributed by atoms with E-state index in [1.807, 2.05) is 13.8 Å². The molecule has 0 saturated carbocycles. The predicted octanol–water partition coefficient (Wildman–Crippen LogP) is -3.69. The predicted molar refractivity (Wildman–Crippen MR) is 322 cm³/mol. The van der Waals surface area contributed by atoms with Crippen molar-refractivity contribution in [3.05, 3.63) is 46.6 Å². The van der Waals surface area contributed by atoms with E-state index in [9.17, 15) is 100.0 Å². The Morgan fingerprint density at radius 2 is 0.874 bits per heavy atom. The number of nitrogens with one attached hydrogen (secondary N) is 2. The highest BCUT2D eigenvalue weighted by Crippen LogP contribution is 2.57. The topological polar surface area (TPSA) is 532 Å². The molecule has 5 saturated heterocycles. The van der Waals surface area contributed by atoms with E-state index in [0.29, 0.717) is 12.8 Å². The maximum atomic E-state index is 13.3. The fourth-order valence-electron chi connectivity index (χ4n) is 11.2. The molecule has 5 aliphatic heterocycles. The Kier molecular flexibility index (Phi) is 33.9. The first-order chi connectivity index (χ1) is 44.7. The minimum absolute atomic E-state index is 0.0801. The van der Waals surface area contributed by atoms with Crippen molar-refractivity contribution in [1.82, 2.24) is 10.6 Å². The molecule has 95 heavy (non-hydrogen) atoms. The third kappa shape index (κ3) is 24.5. The van der Waals surface area contributed by atoms with Gasteiger partial charge in [-0.1, -0.05) is 53.5 Å². The first-order valence-electron chi connectivity index (χ1n) is 31.6. The Labute approximate surface area is 551 Å². The summed E-state index contributed by atoms with van der Waals surface area (Å²) in [5.74, 6) is -1.96. The van der Waals surface area contributed by atoms with Gasteiger partial charge in [0.15, 0.2) is 31.5 Å². The summed E-state index contributed by atoms with van der Waals surface area (Å²) in [6, 6.07) is -3.92. The van der Waals surface area contributed by atoms with Gasteiger partial charge in [0.2, 0.25) is 11.8 Å². The molecule has 550 valence electrons. The summed E-state index contributed by atoms with van der Waals surface area (Å²) in [6.45, 7) is 8.73. The van der Waals surface area contributed by atoms with E-state index >= 15 is 0 Å². The van der Waals surface area contributed by atoms with Gasteiger partial charge in [0.25, 0.3) is 15.6 Å². The van der Waals surface area contributed by atoms with Crippen LogP contribution in [0.25, 0.3) is 0 Å². The van der Waals surface area contributed by atoms with Crippen LogP contribution < -0.4 is 20.4 Å². The third-order valence-corrected chi connectivity index (χ3v) is 19.2. The van der Waals surface area contributed by atoms with Crippen LogP contribution in [-0.2, 0) is 74.7 Å². The molecule has 0 aromatic rings. The molecule has 0 aromatic heterocycles. The van der Waals surface area contributed by atoms with Crippen LogP contribution in [0.1, 0.15) is 113 Å². The van der Waals surface area contributed by atoms with Crippen LogP contribution in [0.3, 0.4) is 0 Å². The molecular formula is C59H100N2O32P2-2. The van der Waals surface area contributed by atoms with E-state index in [1.54, 1.807) is 0 Å². The molecule has 16 N–H and O–H groups in total. The highest BCUT2D eigenvalue weighted by Gasteiger charge is 2.57. The molecule has 5 rings (SSSR count). The summed E-state index contributed by atoms with van der Waals surface area (Å²) in [7, 11) is -11.8. The van der Waals surface area contributed by atoms with Crippen molar-refractivity contribution in [2.75, 3.05) is 39.6 Å². The molecule has 2 amide bonds. The van der Waals surface area contributed by atoms with Gasteiger partial charge in [-0.3, -0.25) is 23.2 Å². The van der Waals surface area contributed by atoms with E-state index in [2.05, 4.69) is 66.9 Å². The van der Waals surface area contributed by atoms with Crippen LogP contribution in [0, 0.1) is 5.92 Å². The summed E-state index contributed by atoms with van der Waals surface area (Å²) in [4.78, 5) is 51.5. The van der Waals surface area contributed by atoms with Crippen molar-refractivity contribution in [2.45, 2.75) is 267 Å². The smallest absolute Gasteiger partial charge is 0.276 e. The number of phosphoric acid groups is 2. The number of aliphatic hydroxyl groups excluding tert-OH is 14. The molecule has 0 radical (unpaired) electrons. The maximum absolute atomic E-state index is 13.3. The van der Waals surface area contributed by atoms with Gasteiger partial charge in [-0.25, -0.2) is 4.31 Å². The Morgan fingerprint density at radius 1 is 0.463 bits per heavy atom. The molecule has 0 bridgehead atoms. The number of rotatable bonds is 35. The van der Waals surface area contributed by atoms with Crippen LogP contribution in [-0.4, -0.2) is 276 Å². The van der Waals surface area contributed by atoms with Crippen LogP contribution in [0.15, 0.2) is 46.6 Å². The molecule has 36 heteroatoms. The number of aliphatic hydroxyl groups is 14. The second-order valence-electron chi connectivity index (χ2n) is 24.9. The molecule has 4 unspecified atom stereocenters. The van der Waals surface area contributed by atoms with Crippen molar-refractivity contribution in [3.8, 4) is 0 Å². The largest absolute Gasteiger partial charge is 0.756 e. The molecule has 5 fully saturated rings. The minimum atomic E-state index is -6.10. The van der Waals surface area contributed by atoms with Crippen LogP contribution >= 0.6 is 15.6 Å². The number of hydrogen-bond donors (Lipinski definition) is 16. The van der Waals surface area contributed by atoms with Gasteiger partial charge in [-0.05, 0) is 98.3 Å². The standard InChI is InChI=1S/C59H102N2O32P2/c1-28(2)13-9-14-29(3)15-10-16-30(4)17-11-18-31(5)19-12-20-32(6)21-22-83-94(78,79)93-95(80,81)92-56-41(61-34(8)67)46(72)52(38(26-65)87-56)89-55-40(60-33(7)66)45(71)53(37(25-64)86-55)90-59-51(77)54(91-58-50(76)48(74)43(69)36(24-63)85-58)44(70)39(88-59)27-82-57-49(75)47(73)42(68)35(23-62)84-57/h13,15,17,19,32,35-59,62-65,68-77H,9-12,14,16,18,20-27H2,1-8H3,(H,60,66)(H,61,67)(H,78,79)(H,80,81)/p-2/b29-15+,30-17+,31-19-/t32?,35-,36-,37-,38-,39-,40-,41-,42-,43-,44-,45-,46-,47+,48+,49+,50+,51+,52-,53-,54+,55+,56?,57+,58-,59+/m1/s1. The molecule has 0 aliphatic carbocycles. The highest BCUT2D eigenvalue weighted by molar-refractivity contribution is 7.59. The van der Waals surface area contributed by atoms with E-state index < -0.39 is 221 Å². The normalized spacial score (nSPS) is 38.4. The van der Waals surface area contributed by atoms with Gasteiger partial charge in [-0.15, -0.1) is 0 Å². The molecule has 5 heterocycles. The second kappa shape index (κ2) is 38.9. The Morgan fingerprint density at radius 3 is 1.37 bits per heavy atom. The third-order valence-electron chi connectivity index (χ3n) is 16.7. The number of amides is 2. The van der Waals surface area contributed by atoms with E-state index in [1.165, 1.54) is 22.3 Å². The average molecular weight is 1410 g/mol. The van der Waals surface area contributed by atoms with Gasteiger partial charge in [-0.2, -0.15) is 0 Å². The van der Waals surface area contributed by atoms with Crippen molar-refractivity contribution in [2.24, 2.45) is 5.92 Å². The zero-order valence-corrected chi connectivity index (χ0v) is 56.2. The average Bonchev–Trinajstić information content (AvgIpc) is 0.774. The second-order valence-corrected chi connectivity index (χ2v) is 27.8. The lowest BCUT2D eigenvalue weighted by molar-refractivity contribution is -0.384. The molecule has 28 atom stereocenters. The molecule has 0 aromatic carbocycles. The highest BCUT2D eigenvalue weighted by atomic mass is 31.3. The zero-order chi connectivity index (χ0) is 70.8. The monoisotopic (exact) mass is 1410 g/mol. The fraction of sp³-hybridized carbons (Fsp3) is 0.831. The first kappa shape index (κ1) is 82.9. The quantitative estimate of drug-likeness (QED) is 0.0215. The number of hydrogen-bond acceptors (Lipinski definition) is 32. The SMILES string of the molecule is CC(=O)N[C@H]1[C@H](O[C@H]2[C@H](O)[C@@H](NC(C)=O)C(OP(=O)([O-])OP(=O)([O-])OCCC(C)CC/C=C(/C)CC/C=C(\C)CC/C=C(\C)CCC=C(C)C)O[C@@H]2CO)O[C@H](CO)[C@@H](O[C@@H]2O[C@H](CO[C@H]3O[C@H](CO)[C@@H](O)[C@H](O)[C@@H]3O)[C@@H](O)[C@H](O[C@H]3O[C@H](CO)[C@@H](O)[C@H](O)[C@@H]3O)[C@@H]2O)[C@@H]1O. The van der Waals surface area contributed by atoms with Gasteiger partial charge < -0.3 is 139 Å². The van der Waals surface area contributed by atoms with Crippen LogP contribution in [0.5, 0.6) is 0 Å². The summed E-state index contributed by atoms with van der Waals surface area (Å²) in [5.41, 5.74) is 5.21. The van der Waals surface area contributed by atoms with Crippen molar-refractivity contribution in [1.29, 1.82) is 0 Å². The van der Waals surface area contributed by atoms with Gasteiger partial charge >= 0.3 is 0 Å². The van der Waals surface area contributed by atoms with E-state index in [0.717, 1.165) is 52.4 Å². The number of allylic oxidation sites excluding steroid dienone is 8. The Hall–Kier alpha value is -2.76. The van der Waals surface area contributed by atoms with Crippen molar-refractivity contribution < 1.29 is 156 Å². The summed E-state index contributed by atoms with van der Waals surface area (Å²) in [6.07, 6.45) is -29.6. The minimum Gasteiger partial charge on any atom is -0.756 e. The Bertz CT molecular complexity index is 2600.